The second-order valence-electron chi connectivity index (χ2n) is 2.83. The highest BCUT2D eigenvalue weighted by molar-refractivity contribution is 9.10. The molecule has 0 unspecified atom stereocenters. The van der Waals surface area contributed by atoms with E-state index < -0.39 is 0 Å². The Morgan fingerprint density at radius 3 is 3.08 bits per heavy atom. The minimum atomic E-state index is 0.696. The third-order valence-electron chi connectivity index (χ3n) is 1.92. The predicted molar refractivity (Wildman–Crippen MR) is 60.2 cm³/mol. The summed E-state index contributed by atoms with van der Waals surface area (Å²) in [6.45, 7) is 0.696. The summed E-state index contributed by atoms with van der Waals surface area (Å²) in [5.74, 6) is 0. The Labute approximate surface area is 89.5 Å². The highest BCUT2D eigenvalue weighted by atomic mass is 79.9. The van der Waals surface area contributed by atoms with Gasteiger partial charge in [0.05, 0.1) is 6.61 Å². The van der Waals surface area contributed by atoms with Gasteiger partial charge in [0.25, 0.3) is 0 Å². The van der Waals surface area contributed by atoms with Crippen LogP contribution in [-0.2, 0) is 11.3 Å². The molecule has 0 aliphatic carbocycles. The second kappa shape index (κ2) is 3.78. The lowest BCUT2D eigenvalue weighted by Gasteiger charge is -1.96. The number of halogens is 1. The number of hydrogen-bond acceptors (Lipinski definition) is 2. The maximum absolute atomic E-state index is 5.12. The molecule has 1 heterocycles. The lowest BCUT2D eigenvalue weighted by atomic mass is 10.2. The van der Waals surface area contributed by atoms with Crippen LogP contribution in [-0.4, -0.2) is 7.11 Å². The zero-order valence-electron chi connectivity index (χ0n) is 7.21. The Hall–Kier alpha value is -0.380. The molecule has 0 N–H and O–H groups in total. The molecule has 0 aliphatic heterocycles. The summed E-state index contributed by atoms with van der Waals surface area (Å²) in [4.78, 5) is 0. The van der Waals surface area contributed by atoms with Crippen molar-refractivity contribution in [3.05, 3.63) is 33.6 Å². The minimum Gasteiger partial charge on any atom is -0.380 e. The number of hydrogen-bond donors (Lipinski definition) is 0. The predicted octanol–water partition coefficient (Wildman–Crippen LogP) is 3.81. The van der Waals surface area contributed by atoms with Gasteiger partial charge in [-0.2, -0.15) is 0 Å². The first-order chi connectivity index (χ1) is 6.31. The molecular formula is C10H9BrOS. The average molecular weight is 257 g/mol. The highest BCUT2D eigenvalue weighted by Crippen LogP contribution is 2.28. The summed E-state index contributed by atoms with van der Waals surface area (Å²) >= 11 is 5.21. The molecule has 0 fully saturated rings. The molecule has 2 rings (SSSR count). The fraction of sp³-hybridized carbons (Fsp3) is 0.200. The van der Waals surface area contributed by atoms with Crippen LogP contribution in [0.15, 0.2) is 28.1 Å². The number of thiophene rings is 1. The summed E-state index contributed by atoms with van der Waals surface area (Å²) in [6.07, 6.45) is 0. The van der Waals surface area contributed by atoms with Crippen molar-refractivity contribution in [1.29, 1.82) is 0 Å². The molecule has 0 amide bonds. The smallest absolute Gasteiger partial charge is 0.0727 e. The number of methoxy groups -OCH3 is 1. The Balaban J connectivity index is 2.55. The topological polar surface area (TPSA) is 9.23 Å². The molecule has 0 saturated carbocycles. The Morgan fingerprint density at radius 1 is 1.46 bits per heavy atom. The van der Waals surface area contributed by atoms with Crippen LogP contribution in [0.1, 0.15) is 5.56 Å². The van der Waals surface area contributed by atoms with Crippen LogP contribution in [0, 0.1) is 0 Å². The van der Waals surface area contributed by atoms with Gasteiger partial charge in [0.15, 0.2) is 0 Å². The van der Waals surface area contributed by atoms with Crippen molar-refractivity contribution >= 4 is 37.4 Å². The molecule has 0 atom stereocenters. The first kappa shape index (κ1) is 9.19. The van der Waals surface area contributed by atoms with Gasteiger partial charge in [-0.05, 0) is 28.5 Å². The van der Waals surface area contributed by atoms with Crippen LogP contribution in [0.5, 0.6) is 0 Å². The zero-order chi connectivity index (χ0) is 9.26. The quantitative estimate of drug-likeness (QED) is 0.794. The van der Waals surface area contributed by atoms with Gasteiger partial charge in [-0.3, -0.25) is 0 Å². The fourth-order valence-corrected chi connectivity index (χ4v) is 2.82. The van der Waals surface area contributed by atoms with Crippen LogP contribution in [0.3, 0.4) is 0 Å². The second-order valence-corrected chi connectivity index (χ2v) is 4.66. The van der Waals surface area contributed by atoms with E-state index in [0.717, 1.165) is 4.47 Å². The molecule has 1 nitrogen and oxygen atoms in total. The van der Waals surface area contributed by atoms with Crippen LogP contribution in [0.4, 0.5) is 0 Å². The third kappa shape index (κ3) is 1.77. The maximum Gasteiger partial charge on any atom is 0.0727 e. The Bertz CT molecular complexity index is 422. The van der Waals surface area contributed by atoms with E-state index in [1.165, 1.54) is 15.6 Å². The molecular weight excluding hydrogens is 248 g/mol. The van der Waals surface area contributed by atoms with Gasteiger partial charge in [0, 0.05) is 16.3 Å². The van der Waals surface area contributed by atoms with E-state index in [4.69, 9.17) is 4.74 Å². The lowest BCUT2D eigenvalue weighted by Crippen LogP contribution is -1.83. The molecule has 3 heteroatoms. The largest absolute Gasteiger partial charge is 0.380 e. The molecule has 68 valence electrons. The van der Waals surface area contributed by atoms with Gasteiger partial charge in [-0.1, -0.05) is 22.0 Å². The van der Waals surface area contributed by atoms with E-state index in [-0.39, 0.29) is 0 Å². The molecule has 0 spiro atoms. The van der Waals surface area contributed by atoms with Crippen LogP contribution < -0.4 is 0 Å². The number of ether oxygens (including phenoxy) is 1. The summed E-state index contributed by atoms with van der Waals surface area (Å²) < 4.78 is 7.56. The van der Waals surface area contributed by atoms with Crippen molar-refractivity contribution < 1.29 is 4.74 Å². The van der Waals surface area contributed by atoms with Crippen LogP contribution in [0.25, 0.3) is 10.1 Å². The highest BCUT2D eigenvalue weighted by Gasteiger charge is 2.03. The monoisotopic (exact) mass is 256 g/mol. The SMILES string of the molecule is COCc1csc2cc(Br)ccc12. The first-order valence-electron chi connectivity index (χ1n) is 3.96. The normalized spacial score (nSPS) is 10.9. The Kier molecular flexibility index (Phi) is 2.67. The lowest BCUT2D eigenvalue weighted by molar-refractivity contribution is 0.186. The standard InChI is InChI=1S/C10H9BrOS/c1-12-5-7-6-13-10-4-8(11)2-3-9(7)10/h2-4,6H,5H2,1H3. The van der Waals surface area contributed by atoms with Crippen molar-refractivity contribution in [2.75, 3.05) is 7.11 Å². The van der Waals surface area contributed by atoms with Crippen LogP contribution in [0.2, 0.25) is 0 Å². The van der Waals surface area contributed by atoms with E-state index in [9.17, 15) is 0 Å². The van der Waals surface area contributed by atoms with Crippen molar-refractivity contribution in [1.82, 2.24) is 0 Å². The average Bonchev–Trinajstić information content (AvgIpc) is 2.49. The summed E-state index contributed by atoms with van der Waals surface area (Å²) in [7, 11) is 1.72. The molecule has 1 aromatic heterocycles. The minimum absolute atomic E-state index is 0.696. The Morgan fingerprint density at radius 2 is 2.31 bits per heavy atom. The van der Waals surface area contributed by atoms with Gasteiger partial charge >= 0.3 is 0 Å². The van der Waals surface area contributed by atoms with Gasteiger partial charge in [-0.25, -0.2) is 0 Å². The van der Waals surface area contributed by atoms with E-state index in [2.05, 4.69) is 39.5 Å². The third-order valence-corrected chi connectivity index (χ3v) is 3.40. The molecule has 0 aliphatic rings. The molecule has 1 aromatic carbocycles. The van der Waals surface area contributed by atoms with Crippen molar-refractivity contribution in [3.63, 3.8) is 0 Å². The number of benzene rings is 1. The molecule has 2 aromatic rings. The summed E-state index contributed by atoms with van der Waals surface area (Å²) in [6, 6.07) is 6.33. The van der Waals surface area contributed by atoms with Crippen LogP contribution >= 0.6 is 27.3 Å². The van der Waals surface area contributed by atoms with E-state index >= 15 is 0 Å². The molecule has 0 radical (unpaired) electrons. The molecule has 0 bridgehead atoms. The van der Waals surface area contributed by atoms with E-state index in [1.54, 1.807) is 18.4 Å². The summed E-state index contributed by atoms with van der Waals surface area (Å²) in [5.41, 5.74) is 1.27. The summed E-state index contributed by atoms with van der Waals surface area (Å²) in [5, 5.41) is 3.45. The van der Waals surface area contributed by atoms with Crippen molar-refractivity contribution in [3.8, 4) is 0 Å². The maximum atomic E-state index is 5.12. The zero-order valence-corrected chi connectivity index (χ0v) is 9.61. The number of fused-ring (bicyclic) bond motifs is 1. The first-order valence-corrected chi connectivity index (χ1v) is 5.63. The van der Waals surface area contributed by atoms with Gasteiger partial charge in [0.2, 0.25) is 0 Å². The molecule has 0 saturated heterocycles. The van der Waals surface area contributed by atoms with Gasteiger partial charge < -0.3 is 4.74 Å². The molecule has 13 heavy (non-hydrogen) atoms. The van der Waals surface area contributed by atoms with Crippen molar-refractivity contribution in [2.45, 2.75) is 6.61 Å². The number of rotatable bonds is 2. The van der Waals surface area contributed by atoms with E-state index in [0.29, 0.717) is 6.61 Å². The fourth-order valence-electron chi connectivity index (χ4n) is 1.32. The van der Waals surface area contributed by atoms with E-state index in [1.807, 2.05) is 0 Å². The van der Waals surface area contributed by atoms with Crippen molar-refractivity contribution in [2.24, 2.45) is 0 Å². The van der Waals surface area contributed by atoms with Gasteiger partial charge in [-0.15, -0.1) is 11.3 Å². The van der Waals surface area contributed by atoms with Gasteiger partial charge in [0.1, 0.15) is 0 Å².